The zero-order valence-corrected chi connectivity index (χ0v) is 18.1. The normalized spacial score (nSPS) is 34.4. The number of aliphatic hydroxyl groups is 1. The van der Waals surface area contributed by atoms with Gasteiger partial charge in [0.15, 0.2) is 11.5 Å². The lowest BCUT2D eigenvalue weighted by atomic mass is 9.48. The van der Waals surface area contributed by atoms with Gasteiger partial charge in [0.25, 0.3) is 0 Å². The van der Waals surface area contributed by atoms with Gasteiger partial charge in [0, 0.05) is 11.6 Å². The first-order chi connectivity index (χ1) is 15.3. The van der Waals surface area contributed by atoms with Gasteiger partial charge in [-0.2, -0.15) is 0 Å². The van der Waals surface area contributed by atoms with Crippen LogP contribution in [-0.4, -0.2) is 84.2 Å². The van der Waals surface area contributed by atoms with Gasteiger partial charge in [-0.15, -0.1) is 0 Å². The monoisotopic (exact) mass is 446 g/mol. The van der Waals surface area contributed by atoms with E-state index in [0.717, 1.165) is 17.7 Å². The van der Waals surface area contributed by atoms with Crippen LogP contribution in [-0.2, 0) is 26.2 Å². The van der Waals surface area contributed by atoms with Crippen molar-refractivity contribution in [2.75, 3.05) is 33.5 Å². The van der Waals surface area contributed by atoms with Crippen LogP contribution in [0.3, 0.4) is 0 Å². The lowest BCUT2D eigenvalue weighted by molar-refractivity contribution is -0.187. The molecule has 4 aliphatic rings. The molecule has 1 spiro atoms. The van der Waals surface area contributed by atoms with Crippen LogP contribution in [0.25, 0.3) is 0 Å². The Hall–Kier alpha value is -2.40. The minimum absolute atomic E-state index is 0.00600. The van der Waals surface area contributed by atoms with E-state index in [2.05, 4.69) is 15.5 Å². The maximum absolute atomic E-state index is 12.6. The minimum atomic E-state index is -1.01. The van der Waals surface area contributed by atoms with Crippen LogP contribution in [0.5, 0.6) is 11.5 Å². The smallest absolute Gasteiger partial charge is 0.247 e. The highest BCUT2D eigenvalue weighted by atomic mass is 16.5. The van der Waals surface area contributed by atoms with Crippen molar-refractivity contribution in [3.05, 3.63) is 23.3 Å². The second-order valence-corrected chi connectivity index (χ2v) is 9.34. The molecule has 2 aliphatic carbocycles. The van der Waals surface area contributed by atoms with Crippen LogP contribution in [0.1, 0.15) is 30.4 Å². The Morgan fingerprint density at radius 1 is 1.31 bits per heavy atom. The Balaban J connectivity index is 1.41. The molecule has 1 saturated heterocycles. The Kier molecular flexibility index (Phi) is 5.08. The molecule has 2 heterocycles. The van der Waals surface area contributed by atoms with Crippen molar-refractivity contribution < 1.29 is 29.3 Å². The van der Waals surface area contributed by atoms with Gasteiger partial charge in [0.1, 0.15) is 19.3 Å². The predicted molar refractivity (Wildman–Crippen MR) is 113 cm³/mol. The van der Waals surface area contributed by atoms with E-state index in [1.54, 1.807) is 6.07 Å². The van der Waals surface area contributed by atoms with Gasteiger partial charge in [-0.1, -0.05) is 6.07 Å². The Labute approximate surface area is 186 Å². The van der Waals surface area contributed by atoms with Crippen LogP contribution in [0, 0.1) is 0 Å². The third-order valence-corrected chi connectivity index (χ3v) is 7.84. The summed E-state index contributed by atoms with van der Waals surface area (Å²) >= 11 is 0. The van der Waals surface area contributed by atoms with Gasteiger partial charge >= 0.3 is 0 Å². The van der Waals surface area contributed by atoms with Gasteiger partial charge in [-0.25, -0.2) is 0 Å². The van der Waals surface area contributed by atoms with Crippen molar-refractivity contribution in [2.24, 2.45) is 5.73 Å². The molecule has 2 aliphatic heterocycles. The van der Waals surface area contributed by atoms with E-state index in [-0.39, 0.29) is 49.5 Å². The molecule has 5 rings (SSSR count). The Morgan fingerprint density at radius 3 is 2.88 bits per heavy atom. The summed E-state index contributed by atoms with van der Waals surface area (Å²) < 4.78 is 11.5. The number of hydrogen-bond acceptors (Lipinski definition) is 8. The quantitative estimate of drug-likeness (QED) is 0.339. The van der Waals surface area contributed by atoms with E-state index < -0.39 is 17.1 Å². The fraction of sp³-hybridized carbons (Fsp3) is 0.636. The SMILES string of the molecule is CN1CCC23c4c5ccc(O)c4O[C@H]2[C@@H](NC(=O)COCC(=O)NCN)CC[C@@]3(O)C1C5. The Morgan fingerprint density at radius 2 is 2.09 bits per heavy atom. The molecule has 1 aromatic carbocycles. The number of benzene rings is 1. The summed E-state index contributed by atoms with van der Waals surface area (Å²) in [4.78, 5) is 26.2. The lowest BCUT2D eigenvalue weighted by Crippen LogP contribution is -2.77. The zero-order chi connectivity index (χ0) is 22.7. The van der Waals surface area contributed by atoms with Crippen molar-refractivity contribution in [3.8, 4) is 11.5 Å². The van der Waals surface area contributed by atoms with Crippen molar-refractivity contribution >= 4 is 11.8 Å². The number of aromatic hydroxyl groups is 1. The van der Waals surface area contributed by atoms with E-state index in [9.17, 15) is 19.8 Å². The molecule has 5 atom stereocenters. The largest absolute Gasteiger partial charge is 0.504 e. The number of nitrogens with two attached hydrogens (primary N) is 1. The molecule has 2 amide bonds. The second-order valence-electron chi connectivity index (χ2n) is 9.34. The summed E-state index contributed by atoms with van der Waals surface area (Å²) in [6.07, 6.45) is 1.93. The zero-order valence-electron chi connectivity index (χ0n) is 18.1. The van der Waals surface area contributed by atoms with Crippen molar-refractivity contribution in [1.29, 1.82) is 0 Å². The molecule has 0 aromatic heterocycles. The second kappa shape index (κ2) is 7.58. The summed E-state index contributed by atoms with van der Waals surface area (Å²) in [6, 6.07) is 3.17. The first kappa shape index (κ1) is 21.4. The number of piperidine rings is 1. The van der Waals surface area contributed by atoms with E-state index in [1.165, 1.54) is 0 Å². The third-order valence-electron chi connectivity index (χ3n) is 7.84. The van der Waals surface area contributed by atoms with Crippen LogP contribution < -0.4 is 21.1 Å². The number of rotatable bonds is 6. The van der Waals surface area contributed by atoms with Crippen molar-refractivity contribution in [1.82, 2.24) is 15.5 Å². The van der Waals surface area contributed by atoms with Gasteiger partial charge in [-0.3, -0.25) is 9.59 Å². The van der Waals surface area contributed by atoms with Gasteiger partial charge in [0.05, 0.1) is 23.7 Å². The molecule has 2 fully saturated rings. The lowest BCUT2D eigenvalue weighted by Gasteiger charge is -2.63. The molecule has 174 valence electrons. The molecule has 2 bridgehead atoms. The molecule has 10 heteroatoms. The number of nitrogens with one attached hydrogen (secondary N) is 2. The fourth-order valence-corrected chi connectivity index (χ4v) is 6.55. The molecule has 2 unspecified atom stereocenters. The summed E-state index contributed by atoms with van der Waals surface area (Å²) in [7, 11) is 2.04. The van der Waals surface area contributed by atoms with E-state index in [0.29, 0.717) is 31.4 Å². The number of phenolic OH excluding ortho intramolecular Hbond substituents is 1. The molecule has 10 nitrogen and oxygen atoms in total. The topological polar surface area (TPSA) is 146 Å². The number of amides is 2. The number of likely N-dealkylation sites (tertiary alicyclic amines) is 1. The highest BCUT2D eigenvalue weighted by molar-refractivity contribution is 5.80. The maximum Gasteiger partial charge on any atom is 0.247 e. The average molecular weight is 447 g/mol. The highest BCUT2D eigenvalue weighted by Crippen LogP contribution is 2.65. The molecular weight excluding hydrogens is 416 g/mol. The van der Waals surface area contributed by atoms with Crippen LogP contribution in [0.4, 0.5) is 0 Å². The molecule has 0 radical (unpaired) electrons. The highest BCUT2D eigenvalue weighted by Gasteiger charge is 2.72. The number of nitrogens with zero attached hydrogens (tertiary/aromatic N) is 1. The molecule has 6 N–H and O–H groups in total. The summed E-state index contributed by atoms with van der Waals surface area (Å²) in [5, 5.41) is 28.0. The van der Waals surface area contributed by atoms with Crippen molar-refractivity contribution in [3.63, 3.8) is 0 Å². The first-order valence-corrected chi connectivity index (χ1v) is 11.1. The van der Waals surface area contributed by atoms with Crippen molar-refractivity contribution in [2.45, 2.75) is 54.9 Å². The van der Waals surface area contributed by atoms with Gasteiger partial charge in [-0.05, 0) is 50.9 Å². The third kappa shape index (κ3) is 2.86. The number of carbonyl (C=O) groups excluding carboxylic acids is 2. The summed E-state index contributed by atoms with van der Waals surface area (Å²) in [6.45, 7) is 0.274. The fourth-order valence-electron chi connectivity index (χ4n) is 6.55. The standard InChI is InChI=1S/C22H30N4O6/c1-26-7-6-21-18-12-2-3-14(27)19(18)32-20(21)13(4-5-22(21,30)15(26)8-12)25-17(29)10-31-9-16(28)24-11-23/h2-3,13,15,20,27,30H,4-11,23H2,1H3,(H,24,28)(H,25,29)/t13-,15?,20-,21?,22+/m0/s1. The van der Waals surface area contributed by atoms with Gasteiger partial charge < -0.3 is 41.0 Å². The molecule has 1 aromatic rings. The molecular formula is C22H30N4O6. The summed E-state index contributed by atoms with van der Waals surface area (Å²) in [5.74, 6) is -0.253. The number of phenols is 1. The first-order valence-electron chi connectivity index (χ1n) is 11.1. The van der Waals surface area contributed by atoms with Crippen LogP contribution in [0.2, 0.25) is 0 Å². The van der Waals surface area contributed by atoms with E-state index >= 15 is 0 Å². The number of hydrogen-bond donors (Lipinski definition) is 5. The summed E-state index contributed by atoms with van der Waals surface area (Å²) in [5.41, 5.74) is 5.54. The number of ether oxygens (including phenoxy) is 2. The predicted octanol–water partition coefficient (Wildman–Crippen LogP) is -1.29. The van der Waals surface area contributed by atoms with Gasteiger partial charge in [0.2, 0.25) is 11.8 Å². The number of carbonyl (C=O) groups is 2. The minimum Gasteiger partial charge on any atom is -0.504 e. The Bertz CT molecular complexity index is 957. The number of likely N-dealkylation sites (N-methyl/N-ethyl adjacent to an activating group) is 1. The van der Waals surface area contributed by atoms with E-state index in [1.807, 2.05) is 13.1 Å². The molecule has 32 heavy (non-hydrogen) atoms. The van der Waals surface area contributed by atoms with E-state index in [4.69, 9.17) is 15.2 Å². The average Bonchev–Trinajstić information content (AvgIpc) is 3.11. The maximum atomic E-state index is 12.6. The van der Waals surface area contributed by atoms with Crippen LogP contribution in [0.15, 0.2) is 12.1 Å². The molecule has 1 saturated carbocycles. The van der Waals surface area contributed by atoms with Crippen LogP contribution >= 0.6 is 0 Å².